The van der Waals surface area contributed by atoms with Crippen LogP contribution in [0.2, 0.25) is 0 Å². The Kier molecular flexibility index (Phi) is 6.54. The molecule has 3 aromatic rings. The summed E-state index contributed by atoms with van der Waals surface area (Å²) >= 11 is 0. The first kappa shape index (κ1) is 24.5. The summed E-state index contributed by atoms with van der Waals surface area (Å²) in [6.07, 6.45) is 9.22. The van der Waals surface area contributed by atoms with E-state index in [-0.39, 0.29) is 12.2 Å². The number of hydrogen-bond acceptors (Lipinski definition) is 5. The van der Waals surface area contributed by atoms with Crippen LogP contribution in [0, 0.1) is 0 Å². The van der Waals surface area contributed by atoms with E-state index >= 15 is 0 Å². The maximum Gasteiger partial charge on any atom is 0.339 e. The average molecular weight is 513 g/mol. The smallest absolute Gasteiger partial charge is 0.339 e. The number of imide groups is 1. The maximum absolute atomic E-state index is 13.8. The molecule has 1 N–H and O–H groups in total. The summed E-state index contributed by atoms with van der Waals surface area (Å²) < 4.78 is 12.1. The molecule has 3 aromatic carbocycles. The fourth-order valence-corrected chi connectivity index (χ4v) is 5.77. The quantitative estimate of drug-likeness (QED) is 0.384. The Morgan fingerprint density at radius 3 is 1.63 bits per heavy atom. The molecule has 2 saturated carbocycles. The summed E-state index contributed by atoms with van der Waals surface area (Å²) in [6.45, 7) is 0. The Bertz CT molecular complexity index is 1280. The van der Waals surface area contributed by atoms with Crippen molar-refractivity contribution in [3.63, 3.8) is 0 Å². The summed E-state index contributed by atoms with van der Waals surface area (Å²) in [5.74, 6) is 0.675. The first-order valence-corrected chi connectivity index (χ1v) is 13.5. The Balaban J connectivity index is 1.32. The Morgan fingerprint density at radius 1 is 0.658 bits per heavy atom. The molecule has 2 aliphatic carbocycles. The van der Waals surface area contributed by atoms with Crippen molar-refractivity contribution >= 4 is 23.3 Å². The van der Waals surface area contributed by atoms with E-state index in [0.717, 1.165) is 35.5 Å². The van der Waals surface area contributed by atoms with E-state index < -0.39 is 17.7 Å². The lowest BCUT2D eigenvalue weighted by Crippen LogP contribution is -2.47. The molecule has 1 heterocycles. The van der Waals surface area contributed by atoms with E-state index in [4.69, 9.17) is 9.47 Å². The van der Waals surface area contributed by atoms with Crippen LogP contribution in [0.5, 0.6) is 11.5 Å². The van der Waals surface area contributed by atoms with Gasteiger partial charge < -0.3 is 14.6 Å². The van der Waals surface area contributed by atoms with Gasteiger partial charge >= 0.3 is 6.03 Å². The zero-order valence-corrected chi connectivity index (χ0v) is 21.3. The van der Waals surface area contributed by atoms with E-state index in [1.54, 1.807) is 78.9 Å². The lowest BCUT2D eigenvalue weighted by molar-refractivity contribution is -0.133. The molecule has 3 aliphatic rings. The second-order valence-electron chi connectivity index (χ2n) is 10.3. The number of nitrogens with zero attached hydrogens (tertiary/aromatic N) is 2. The standard InChI is InChI=1S/C31H32N2O5/c34-29-31(36,22-8-2-1-3-9-22)33(24-16-20-28(21-17-24)38-26-12-6-7-13-26)30(35)32(29)23-14-18-27(19-15-23)37-25-10-4-5-11-25/h1-3,8-9,14-21,25-26,36H,4-7,10-13H2. The van der Waals surface area contributed by atoms with Crippen LogP contribution in [0.25, 0.3) is 0 Å². The fourth-order valence-electron chi connectivity index (χ4n) is 5.77. The van der Waals surface area contributed by atoms with Crippen molar-refractivity contribution in [2.45, 2.75) is 69.3 Å². The molecule has 7 heteroatoms. The lowest BCUT2D eigenvalue weighted by Gasteiger charge is -2.30. The molecule has 3 amide bonds. The van der Waals surface area contributed by atoms with Crippen LogP contribution in [0.1, 0.15) is 56.9 Å². The van der Waals surface area contributed by atoms with Crippen molar-refractivity contribution in [3.8, 4) is 11.5 Å². The SMILES string of the molecule is O=C1N(c2ccc(OC3CCCC3)cc2)C(=O)C(O)(c2ccccc2)N1c1ccc(OC2CCCC2)cc1. The number of carbonyl (C=O) groups excluding carboxylic acids is 2. The molecule has 38 heavy (non-hydrogen) atoms. The number of aliphatic hydroxyl groups is 1. The summed E-state index contributed by atoms with van der Waals surface area (Å²) in [4.78, 5) is 29.9. The van der Waals surface area contributed by atoms with Crippen LogP contribution in [0.3, 0.4) is 0 Å². The van der Waals surface area contributed by atoms with Gasteiger partial charge in [-0.1, -0.05) is 30.3 Å². The van der Waals surface area contributed by atoms with Crippen molar-refractivity contribution in [1.29, 1.82) is 0 Å². The van der Waals surface area contributed by atoms with Gasteiger partial charge in [0, 0.05) is 11.3 Å². The van der Waals surface area contributed by atoms with Crippen LogP contribution >= 0.6 is 0 Å². The number of anilines is 2. The number of benzene rings is 3. The van der Waals surface area contributed by atoms with Gasteiger partial charge in [-0.25, -0.2) is 9.69 Å². The zero-order valence-electron chi connectivity index (χ0n) is 21.3. The molecule has 3 fully saturated rings. The molecule has 0 radical (unpaired) electrons. The predicted octanol–water partition coefficient (Wildman–Crippen LogP) is 6.15. The van der Waals surface area contributed by atoms with Gasteiger partial charge in [-0.05, 0) is 99.9 Å². The van der Waals surface area contributed by atoms with Gasteiger partial charge in [0.2, 0.25) is 0 Å². The predicted molar refractivity (Wildman–Crippen MR) is 144 cm³/mol. The van der Waals surface area contributed by atoms with E-state index in [2.05, 4.69) is 0 Å². The minimum atomic E-state index is -2.20. The Morgan fingerprint density at radius 2 is 1.13 bits per heavy atom. The van der Waals surface area contributed by atoms with Crippen LogP contribution in [0.15, 0.2) is 78.9 Å². The monoisotopic (exact) mass is 512 g/mol. The van der Waals surface area contributed by atoms with E-state index in [1.165, 1.54) is 25.7 Å². The van der Waals surface area contributed by atoms with Crippen LogP contribution in [-0.2, 0) is 10.5 Å². The fraction of sp³-hybridized carbons (Fsp3) is 0.355. The number of ether oxygens (including phenoxy) is 2. The van der Waals surface area contributed by atoms with Crippen LogP contribution < -0.4 is 19.3 Å². The molecule has 0 bridgehead atoms. The molecule has 1 saturated heterocycles. The van der Waals surface area contributed by atoms with Gasteiger partial charge in [0.1, 0.15) is 11.5 Å². The van der Waals surface area contributed by atoms with Gasteiger partial charge in [0.15, 0.2) is 0 Å². The van der Waals surface area contributed by atoms with Crippen LogP contribution in [0.4, 0.5) is 16.2 Å². The highest BCUT2D eigenvalue weighted by Gasteiger charge is 2.59. The van der Waals surface area contributed by atoms with Gasteiger partial charge in [-0.3, -0.25) is 9.69 Å². The van der Waals surface area contributed by atoms with Crippen LogP contribution in [-0.4, -0.2) is 29.3 Å². The highest BCUT2D eigenvalue weighted by atomic mass is 16.5. The molecule has 7 nitrogen and oxygen atoms in total. The third-order valence-electron chi connectivity index (χ3n) is 7.78. The zero-order chi connectivity index (χ0) is 26.1. The van der Waals surface area contributed by atoms with E-state index in [1.807, 2.05) is 0 Å². The molecular weight excluding hydrogens is 480 g/mol. The molecule has 1 aliphatic heterocycles. The highest BCUT2D eigenvalue weighted by Crippen LogP contribution is 2.42. The minimum absolute atomic E-state index is 0.202. The van der Waals surface area contributed by atoms with Gasteiger partial charge in [0.25, 0.3) is 11.6 Å². The number of urea groups is 1. The summed E-state index contributed by atoms with van der Waals surface area (Å²) in [6, 6.07) is 21.9. The summed E-state index contributed by atoms with van der Waals surface area (Å²) in [5.41, 5.74) is -1.12. The highest BCUT2D eigenvalue weighted by molar-refractivity contribution is 6.29. The average Bonchev–Trinajstić information content (AvgIpc) is 3.69. The molecule has 196 valence electrons. The molecule has 0 spiro atoms. The normalized spacial score (nSPS) is 22.4. The van der Waals surface area contributed by atoms with Gasteiger partial charge in [-0.15, -0.1) is 0 Å². The van der Waals surface area contributed by atoms with Crippen molar-refractivity contribution in [3.05, 3.63) is 84.4 Å². The van der Waals surface area contributed by atoms with Gasteiger partial charge in [0.05, 0.1) is 17.9 Å². The van der Waals surface area contributed by atoms with Crippen molar-refractivity contribution in [2.24, 2.45) is 0 Å². The number of amides is 3. The third-order valence-corrected chi connectivity index (χ3v) is 7.78. The Hall–Kier alpha value is -3.84. The first-order valence-electron chi connectivity index (χ1n) is 13.5. The summed E-state index contributed by atoms with van der Waals surface area (Å²) in [7, 11) is 0. The van der Waals surface area contributed by atoms with Crippen molar-refractivity contribution in [2.75, 3.05) is 9.80 Å². The largest absolute Gasteiger partial charge is 0.490 e. The molecule has 0 aromatic heterocycles. The van der Waals surface area contributed by atoms with Crippen molar-refractivity contribution in [1.82, 2.24) is 0 Å². The first-order chi connectivity index (χ1) is 18.5. The molecule has 1 atom stereocenters. The van der Waals surface area contributed by atoms with Crippen molar-refractivity contribution < 1.29 is 24.2 Å². The Labute approximate surface area is 222 Å². The van der Waals surface area contributed by atoms with Gasteiger partial charge in [-0.2, -0.15) is 0 Å². The summed E-state index contributed by atoms with van der Waals surface area (Å²) in [5, 5.41) is 11.9. The topological polar surface area (TPSA) is 79.3 Å². The number of rotatable bonds is 7. The van der Waals surface area contributed by atoms with E-state index in [0.29, 0.717) is 28.4 Å². The third kappa shape index (κ3) is 4.41. The lowest BCUT2D eigenvalue weighted by atomic mass is 10.0. The second-order valence-corrected chi connectivity index (χ2v) is 10.3. The molecule has 1 unspecified atom stereocenters. The molecule has 6 rings (SSSR count). The minimum Gasteiger partial charge on any atom is -0.490 e. The van der Waals surface area contributed by atoms with E-state index in [9.17, 15) is 14.7 Å². The maximum atomic E-state index is 13.8. The molecular formula is C31H32N2O5. The number of hydrogen-bond donors (Lipinski definition) is 1. The number of carbonyl (C=O) groups is 2. The second kappa shape index (κ2) is 10.1.